The average Bonchev–Trinajstić information content (AvgIpc) is 2.80. The molecule has 1 aliphatic heterocycles. The van der Waals surface area contributed by atoms with Crippen LogP contribution in [0.15, 0.2) is 10.9 Å². The number of carbonyl (C=O) groups is 1. The summed E-state index contributed by atoms with van der Waals surface area (Å²) in [5.74, 6) is 0.362. The minimum absolute atomic E-state index is 0.335. The van der Waals surface area contributed by atoms with Crippen LogP contribution in [0.5, 0.6) is 0 Å². The lowest BCUT2D eigenvalue weighted by atomic mass is 10.2. The molecule has 1 amide bonds. The number of aromatic nitrogens is 2. The zero-order valence-electron chi connectivity index (χ0n) is 10.8. The highest BCUT2D eigenvalue weighted by atomic mass is 16.6. The summed E-state index contributed by atoms with van der Waals surface area (Å²) < 4.78 is 15.7. The molecular weight excluding hydrogens is 238 g/mol. The van der Waals surface area contributed by atoms with Crippen molar-refractivity contribution in [1.82, 2.24) is 15.0 Å². The lowest BCUT2D eigenvalue weighted by Crippen LogP contribution is -2.45. The van der Waals surface area contributed by atoms with Gasteiger partial charge in [0.1, 0.15) is 11.6 Å². The van der Waals surface area contributed by atoms with Crippen LogP contribution >= 0.6 is 0 Å². The van der Waals surface area contributed by atoms with Crippen molar-refractivity contribution in [3.8, 4) is 0 Å². The highest BCUT2D eigenvalue weighted by Gasteiger charge is 2.34. The van der Waals surface area contributed by atoms with Gasteiger partial charge in [-0.05, 0) is 20.8 Å². The SMILES string of the molecule is CC(C)(C)OC(=O)N1CCOCC1c1ncno1. The molecule has 0 N–H and O–H groups in total. The second-order valence-corrected chi connectivity index (χ2v) is 5.04. The molecule has 1 aromatic heterocycles. The first-order valence-corrected chi connectivity index (χ1v) is 5.81. The van der Waals surface area contributed by atoms with Crippen LogP contribution in [0.25, 0.3) is 0 Å². The molecule has 0 radical (unpaired) electrons. The molecular formula is C11H17N3O4. The smallest absolute Gasteiger partial charge is 0.411 e. The van der Waals surface area contributed by atoms with E-state index in [4.69, 9.17) is 14.0 Å². The van der Waals surface area contributed by atoms with Gasteiger partial charge >= 0.3 is 6.09 Å². The summed E-state index contributed by atoms with van der Waals surface area (Å²) in [5, 5.41) is 3.55. The number of morpholine rings is 1. The fourth-order valence-corrected chi connectivity index (χ4v) is 1.68. The summed E-state index contributed by atoms with van der Waals surface area (Å²) in [4.78, 5) is 17.6. The maximum atomic E-state index is 12.1. The van der Waals surface area contributed by atoms with Crippen LogP contribution in [0.4, 0.5) is 4.79 Å². The molecule has 1 fully saturated rings. The number of hydrogen-bond acceptors (Lipinski definition) is 6. The Bertz CT molecular complexity index is 399. The lowest BCUT2D eigenvalue weighted by Gasteiger charge is -2.34. The van der Waals surface area contributed by atoms with Gasteiger partial charge in [0.15, 0.2) is 6.33 Å². The Morgan fingerprint density at radius 3 is 2.94 bits per heavy atom. The van der Waals surface area contributed by atoms with Crippen molar-refractivity contribution in [2.45, 2.75) is 32.4 Å². The fourth-order valence-electron chi connectivity index (χ4n) is 1.68. The van der Waals surface area contributed by atoms with E-state index < -0.39 is 11.7 Å². The Hall–Kier alpha value is -1.63. The zero-order valence-corrected chi connectivity index (χ0v) is 10.8. The summed E-state index contributed by atoms with van der Waals surface area (Å²) in [6.07, 6.45) is 0.908. The predicted octanol–water partition coefficient (Wildman–Crippen LogP) is 1.38. The lowest BCUT2D eigenvalue weighted by molar-refractivity contribution is -0.0401. The Labute approximate surface area is 105 Å². The monoisotopic (exact) mass is 255 g/mol. The molecule has 7 nitrogen and oxygen atoms in total. The molecule has 0 aliphatic carbocycles. The molecule has 0 bridgehead atoms. The van der Waals surface area contributed by atoms with Gasteiger partial charge in [0.05, 0.1) is 13.2 Å². The van der Waals surface area contributed by atoms with Crippen molar-refractivity contribution in [1.29, 1.82) is 0 Å². The third-order valence-electron chi connectivity index (χ3n) is 2.42. The minimum Gasteiger partial charge on any atom is -0.444 e. The summed E-state index contributed by atoms with van der Waals surface area (Å²) in [6.45, 7) is 6.74. The first-order valence-electron chi connectivity index (χ1n) is 5.81. The summed E-state index contributed by atoms with van der Waals surface area (Å²) in [6, 6.07) is -0.379. The molecule has 1 unspecified atom stereocenters. The molecule has 2 rings (SSSR count). The van der Waals surface area contributed by atoms with E-state index in [1.807, 2.05) is 20.8 Å². The molecule has 1 aliphatic rings. The van der Waals surface area contributed by atoms with Gasteiger partial charge in [-0.25, -0.2) is 4.79 Å². The topological polar surface area (TPSA) is 77.7 Å². The third kappa shape index (κ3) is 2.98. The standard InChI is InChI=1S/C11H17N3O4/c1-11(2,3)17-10(15)14-4-5-16-6-8(14)9-12-7-13-18-9/h7-8H,4-6H2,1-3H3. The van der Waals surface area contributed by atoms with E-state index in [-0.39, 0.29) is 6.04 Å². The normalized spacial score (nSPS) is 20.8. The van der Waals surface area contributed by atoms with Crippen LogP contribution in [0.2, 0.25) is 0 Å². The van der Waals surface area contributed by atoms with Crippen LogP contribution in [0.3, 0.4) is 0 Å². The van der Waals surface area contributed by atoms with Crippen molar-refractivity contribution < 1.29 is 18.8 Å². The molecule has 1 saturated heterocycles. The van der Waals surface area contributed by atoms with Gasteiger partial charge in [-0.1, -0.05) is 5.16 Å². The maximum absolute atomic E-state index is 12.1. The second-order valence-electron chi connectivity index (χ2n) is 5.04. The largest absolute Gasteiger partial charge is 0.444 e. The maximum Gasteiger partial charge on any atom is 0.411 e. The zero-order chi connectivity index (χ0) is 13.2. The van der Waals surface area contributed by atoms with E-state index in [2.05, 4.69) is 10.1 Å². The van der Waals surface area contributed by atoms with Crippen LogP contribution in [0.1, 0.15) is 32.7 Å². The van der Waals surface area contributed by atoms with E-state index >= 15 is 0 Å². The molecule has 1 atom stereocenters. The van der Waals surface area contributed by atoms with Crippen LogP contribution in [-0.2, 0) is 9.47 Å². The number of carbonyl (C=O) groups excluding carboxylic acids is 1. The molecule has 1 aromatic rings. The van der Waals surface area contributed by atoms with Gasteiger partial charge in [0.25, 0.3) is 5.89 Å². The van der Waals surface area contributed by atoms with E-state index in [1.165, 1.54) is 6.33 Å². The molecule has 100 valence electrons. The van der Waals surface area contributed by atoms with E-state index in [9.17, 15) is 4.79 Å². The number of ether oxygens (including phenoxy) is 2. The van der Waals surface area contributed by atoms with Crippen molar-refractivity contribution in [2.75, 3.05) is 19.8 Å². The first kappa shape index (κ1) is 12.8. The molecule has 7 heteroatoms. The van der Waals surface area contributed by atoms with E-state index in [0.717, 1.165) is 0 Å². The summed E-state index contributed by atoms with van der Waals surface area (Å²) in [7, 11) is 0. The number of hydrogen-bond donors (Lipinski definition) is 0. The van der Waals surface area contributed by atoms with Gasteiger partial charge in [-0.15, -0.1) is 0 Å². The van der Waals surface area contributed by atoms with Crippen LogP contribution < -0.4 is 0 Å². The molecule has 0 spiro atoms. The summed E-state index contributed by atoms with van der Waals surface area (Å²) in [5.41, 5.74) is -0.533. The highest BCUT2D eigenvalue weighted by Crippen LogP contribution is 2.24. The number of rotatable bonds is 1. The van der Waals surface area contributed by atoms with Crippen molar-refractivity contribution in [3.05, 3.63) is 12.2 Å². The van der Waals surface area contributed by atoms with Crippen LogP contribution in [-0.4, -0.2) is 46.5 Å². The highest BCUT2D eigenvalue weighted by molar-refractivity contribution is 5.68. The first-order chi connectivity index (χ1) is 8.47. The van der Waals surface area contributed by atoms with Crippen molar-refractivity contribution in [3.63, 3.8) is 0 Å². The van der Waals surface area contributed by atoms with E-state index in [0.29, 0.717) is 25.6 Å². The minimum atomic E-state index is -0.533. The predicted molar refractivity (Wildman–Crippen MR) is 60.8 cm³/mol. The Morgan fingerprint density at radius 2 is 2.33 bits per heavy atom. The van der Waals surface area contributed by atoms with Gasteiger partial charge in [-0.3, -0.25) is 4.90 Å². The number of amides is 1. The third-order valence-corrected chi connectivity index (χ3v) is 2.42. The second kappa shape index (κ2) is 4.93. The molecule has 2 heterocycles. The molecule has 0 aromatic carbocycles. The average molecular weight is 255 g/mol. The Kier molecular flexibility index (Phi) is 3.51. The van der Waals surface area contributed by atoms with E-state index in [1.54, 1.807) is 4.90 Å². The van der Waals surface area contributed by atoms with Gasteiger partial charge in [0.2, 0.25) is 0 Å². The fraction of sp³-hybridized carbons (Fsp3) is 0.727. The molecule has 18 heavy (non-hydrogen) atoms. The Morgan fingerprint density at radius 1 is 1.56 bits per heavy atom. The molecule has 0 saturated carbocycles. The quantitative estimate of drug-likeness (QED) is 0.754. The van der Waals surface area contributed by atoms with Gasteiger partial charge < -0.3 is 14.0 Å². The van der Waals surface area contributed by atoms with Crippen LogP contribution in [0, 0.1) is 0 Å². The van der Waals surface area contributed by atoms with Gasteiger partial charge in [0, 0.05) is 6.54 Å². The van der Waals surface area contributed by atoms with Crippen molar-refractivity contribution >= 4 is 6.09 Å². The van der Waals surface area contributed by atoms with Crippen molar-refractivity contribution in [2.24, 2.45) is 0 Å². The van der Waals surface area contributed by atoms with Gasteiger partial charge in [-0.2, -0.15) is 4.98 Å². The summed E-state index contributed by atoms with van der Waals surface area (Å²) >= 11 is 0. The Balaban J connectivity index is 2.11. The number of nitrogens with zero attached hydrogens (tertiary/aromatic N) is 3.